The zero-order chi connectivity index (χ0) is 11.4. The van der Waals surface area contributed by atoms with Gasteiger partial charge in [-0.3, -0.25) is 0 Å². The smallest absolute Gasteiger partial charge is 0.406 e. The summed E-state index contributed by atoms with van der Waals surface area (Å²) in [5.74, 6) is 0. The van der Waals surface area contributed by atoms with Crippen molar-refractivity contribution in [2.75, 3.05) is 25.5 Å². The third-order valence-corrected chi connectivity index (χ3v) is 2.77. The predicted octanol–water partition coefficient (Wildman–Crippen LogP) is 1.55. The van der Waals surface area contributed by atoms with E-state index in [1.807, 2.05) is 6.07 Å². The molecule has 1 aliphatic heterocycles. The minimum Gasteiger partial charge on any atom is -0.449 e. The van der Waals surface area contributed by atoms with E-state index in [2.05, 4.69) is 22.8 Å². The van der Waals surface area contributed by atoms with Gasteiger partial charge < -0.3 is 15.4 Å². The van der Waals surface area contributed by atoms with E-state index in [9.17, 15) is 4.79 Å². The number of ether oxygens (including phenoxy) is 1. The average molecular weight is 220 g/mol. The number of carbonyl (C=O) groups is 1. The van der Waals surface area contributed by atoms with Gasteiger partial charge in [-0.25, -0.2) is 4.79 Å². The lowest BCUT2D eigenvalue weighted by Crippen LogP contribution is -2.20. The first-order valence-corrected chi connectivity index (χ1v) is 5.50. The molecule has 1 aromatic rings. The molecule has 0 saturated heterocycles. The highest BCUT2D eigenvalue weighted by molar-refractivity contribution is 5.66. The van der Waals surface area contributed by atoms with Crippen LogP contribution in [0, 0.1) is 0 Å². The van der Waals surface area contributed by atoms with E-state index in [-0.39, 0.29) is 6.09 Å². The summed E-state index contributed by atoms with van der Waals surface area (Å²) in [7, 11) is 1.56. The van der Waals surface area contributed by atoms with Gasteiger partial charge in [0.1, 0.15) is 0 Å². The van der Waals surface area contributed by atoms with Crippen molar-refractivity contribution < 1.29 is 9.53 Å². The van der Waals surface area contributed by atoms with E-state index in [1.54, 1.807) is 7.05 Å². The van der Waals surface area contributed by atoms with Crippen LogP contribution in [0.4, 0.5) is 10.5 Å². The fraction of sp³-hybridized carbons (Fsp3) is 0.417. The van der Waals surface area contributed by atoms with Gasteiger partial charge in [-0.1, -0.05) is 12.1 Å². The molecule has 0 unspecified atom stereocenters. The fourth-order valence-corrected chi connectivity index (χ4v) is 1.98. The van der Waals surface area contributed by atoms with E-state index >= 15 is 0 Å². The van der Waals surface area contributed by atoms with Crippen molar-refractivity contribution in [3.05, 3.63) is 29.3 Å². The first kappa shape index (κ1) is 10.8. The number of benzene rings is 1. The molecule has 16 heavy (non-hydrogen) atoms. The normalized spacial score (nSPS) is 12.8. The van der Waals surface area contributed by atoms with Gasteiger partial charge in [-0.05, 0) is 23.6 Å². The van der Waals surface area contributed by atoms with Gasteiger partial charge in [0.05, 0.1) is 6.61 Å². The van der Waals surface area contributed by atoms with Gasteiger partial charge in [-0.15, -0.1) is 0 Å². The Morgan fingerprint density at radius 1 is 1.56 bits per heavy atom. The van der Waals surface area contributed by atoms with Crippen LogP contribution in [0.15, 0.2) is 18.2 Å². The summed E-state index contributed by atoms with van der Waals surface area (Å²) in [5.41, 5.74) is 3.85. The Labute approximate surface area is 95.0 Å². The van der Waals surface area contributed by atoms with Crippen LogP contribution in [0.1, 0.15) is 11.1 Å². The molecule has 0 spiro atoms. The molecule has 0 aliphatic carbocycles. The zero-order valence-electron chi connectivity index (χ0n) is 9.38. The van der Waals surface area contributed by atoms with E-state index in [0.29, 0.717) is 6.61 Å². The fourth-order valence-electron chi connectivity index (χ4n) is 1.98. The Kier molecular flexibility index (Phi) is 3.29. The maximum atomic E-state index is 10.9. The first-order valence-electron chi connectivity index (χ1n) is 5.50. The summed E-state index contributed by atoms with van der Waals surface area (Å²) in [6, 6.07) is 6.22. The molecule has 0 saturated carbocycles. The van der Waals surface area contributed by atoms with Crippen LogP contribution in [0.25, 0.3) is 0 Å². The summed E-state index contributed by atoms with van der Waals surface area (Å²) in [6.07, 6.45) is 1.47. The number of anilines is 1. The van der Waals surface area contributed by atoms with E-state index in [1.165, 1.54) is 16.8 Å². The molecule has 0 radical (unpaired) electrons. The van der Waals surface area contributed by atoms with Crippen molar-refractivity contribution in [3.63, 3.8) is 0 Å². The molecule has 0 fully saturated rings. The Morgan fingerprint density at radius 3 is 3.25 bits per heavy atom. The van der Waals surface area contributed by atoms with Crippen molar-refractivity contribution in [2.24, 2.45) is 0 Å². The highest BCUT2D eigenvalue weighted by Gasteiger charge is 2.13. The molecule has 2 N–H and O–H groups in total. The van der Waals surface area contributed by atoms with Gasteiger partial charge in [0.15, 0.2) is 0 Å². The minimum absolute atomic E-state index is 0.370. The van der Waals surface area contributed by atoms with Crippen molar-refractivity contribution >= 4 is 11.8 Å². The molecule has 86 valence electrons. The second kappa shape index (κ2) is 4.88. The summed E-state index contributed by atoms with van der Waals surface area (Å²) >= 11 is 0. The number of hydrogen-bond acceptors (Lipinski definition) is 3. The van der Waals surface area contributed by atoms with Crippen LogP contribution in [0.5, 0.6) is 0 Å². The van der Waals surface area contributed by atoms with Gasteiger partial charge in [0, 0.05) is 25.7 Å². The zero-order valence-corrected chi connectivity index (χ0v) is 9.38. The Hall–Kier alpha value is -1.71. The van der Waals surface area contributed by atoms with Gasteiger partial charge in [-0.2, -0.15) is 0 Å². The molecule has 1 aliphatic rings. The summed E-state index contributed by atoms with van der Waals surface area (Å²) < 4.78 is 4.98. The SMILES string of the molecule is CNC(=O)OCCc1cccc2c1CCN2. The molecule has 1 aromatic carbocycles. The molecular weight excluding hydrogens is 204 g/mol. The number of nitrogens with one attached hydrogen (secondary N) is 2. The van der Waals surface area contributed by atoms with Crippen LogP contribution < -0.4 is 10.6 Å². The number of amides is 1. The second-order valence-corrected chi connectivity index (χ2v) is 3.76. The van der Waals surface area contributed by atoms with Crippen LogP contribution >= 0.6 is 0 Å². The number of hydrogen-bond donors (Lipinski definition) is 2. The molecule has 1 amide bonds. The maximum absolute atomic E-state index is 10.9. The van der Waals surface area contributed by atoms with E-state index in [0.717, 1.165) is 19.4 Å². The minimum atomic E-state index is -0.370. The molecule has 4 heteroatoms. The second-order valence-electron chi connectivity index (χ2n) is 3.76. The number of fused-ring (bicyclic) bond motifs is 1. The van der Waals surface area contributed by atoms with Crippen molar-refractivity contribution in [2.45, 2.75) is 12.8 Å². The Bertz CT molecular complexity index is 391. The van der Waals surface area contributed by atoms with Crippen molar-refractivity contribution in [1.29, 1.82) is 0 Å². The van der Waals surface area contributed by atoms with Crippen molar-refractivity contribution in [1.82, 2.24) is 5.32 Å². The standard InChI is InChI=1S/C12H16N2O2/c1-13-12(15)16-8-6-9-3-2-4-11-10(9)5-7-14-11/h2-4,14H,5-8H2,1H3,(H,13,15). The van der Waals surface area contributed by atoms with Crippen LogP contribution in [-0.2, 0) is 17.6 Å². The van der Waals surface area contributed by atoms with Gasteiger partial charge in [0.25, 0.3) is 0 Å². The lowest BCUT2D eigenvalue weighted by molar-refractivity contribution is 0.150. The average Bonchev–Trinajstić information content (AvgIpc) is 2.77. The lowest BCUT2D eigenvalue weighted by Gasteiger charge is -2.08. The molecule has 0 atom stereocenters. The molecule has 0 aromatic heterocycles. The van der Waals surface area contributed by atoms with Crippen molar-refractivity contribution in [3.8, 4) is 0 Å². The summed E-state index contributed by atoms with van der Waals surface area (Å²) in [5, 5.41) is 5.76. The third-order valence-electron chi connectivity index (χ3n) is 2.77. The largest absolute Gasteiger partial charge is 0.449 e. The van der Waals surface area contributed by atoms with Gasteiger partial charge in [0.2, 0.25) is 0 Å². The number of rotatable bonds is 3. The quantitative estimate of drug-likeness (QED) is 0.812. The maximum Gasteiger partial charge on any atom is 0.406 e. The van der Waals surface area contributed by atoms with Crippen LogP contribution in [0.2, 0.25) is 0 Å². The molecule has 0 bridgehead atoms. The van der Waals surface area contributed by atoms with E-state index < -0.39 is 0 Å². The van der Waals surface area contributed by atoms with Gasteiger partial charge >= 0.3 is 6.09 Å². The third kappa shape index (κ3) is 2.27. The monoisotopic (exact) mass is 220 g/mol. The molecule has 2 rings (SSSR count). The van der Waals surface area contributed by atoms with Crippen LogP contribution in [0.3, 0.4) is 0 Å². The highest BCUT2D eigenvalue weighted by atomic mass is 16.5. The van der Waals surface area contributed by atoms with E-state index in [4.69, 9.17) is 4.74 Å². The Balaban J connectivity index is 1.95. The summed E-state index contributed by atoms with van der Waals surface area (Å²) in [4.78, 5) is 10.9. The molecule has 1 heterocycles. The molecule has 4 nitrogen and oxygen atoms in total. The Morgan fingerprint density at radius 2 is 2.44 bits per heavy atom. The highest BCUT2D eigenvalue weighted by Crippen LogP contribution is 2.25. The number of carbonyl (C=O) groups excluding carboxylic acids is 1. The predicted molar refractivity (Wildman–Crippen MR) is 62.7 cm³/mol. The number of alkyl carbamates (subject to hydrolysis) is 1. The van der Waals surface area contributed by atoms with Crippen LogP contribution in [-0.4, -0.2) is 26.3 Å². The first-order chi connectivity index (χ1) is 7.81. The topological polar surface area (TPSA) is 50.4 Å². The summed E-state index contributed by atoms with van der Waals surface area (Å²) in [6.45, 7) is 1.43. The lowest BCUT2D eigenvalue weighted by atomic mass is 10.0. The molecular formula is C12H16N2O2.